The summed E-state index contributed by atoms with van der Waals surface area (Å²) in [7, 11) is 1.53. The van der Waals surface area contributed by atoms with Crippen molar-refractivity contribution in [2.24, 2.45) is 0 Å². The fourth-order valence-corrected chi connectivity index (χ4v) is 2.82. The van der Waals surface area contributed by atoms with Gasteiger partial charge in [0.05, 0.1) is 12.6 Å². The number of carbonyl (C=O) groups excluding carboxylic acids is 1. The van der Waals surface area contributed by atoms with E-state index in [1.165, 1.54) is 11.7 Å². The first-order valence-corrected chi connectivity index (χ1v) is 7.57. The number of carbonyl (C=O) groups is 2. The summed E-state index contributed by atoms with van der Waals surface area (Å²) in [6, 6.07) is 11.7. The molecule has 0 spiro atoms. The topological polar surface area (TPSA) is 68.5 Å². The van der Waals surface area contributed by atoms with E-state index in [9.17, 15) is 9.59 Å². The standard InChI is InChI=1S/C18H14ClNO4/c1-24-15-7-6-14(18(23)11-2-4-12(19)5-3-11)17-13(15)8-9-20(17)10-16(21)22/h2-9H,10H2,1H3,(H,21,22). The molecule has 0 radical (unpaired) electrons. The molecule has 5 nitrogen and oxygen atoms in total. The third kappa shape index (κ3) is 2.86. The minimum atomic E-state index is -0.986. The van der Waals surface area contributed by atoms with E-state index in [1.54, 1.807) is 48.7 Å². The van der Waals surface area contributed by atoms with Crippen molar-refractivity contribution in [3.8, 4) is 5.75 Å². The van der Waals surface area contributed by atoms with Gasteiger partial charge >= 0.3 is 5.97 Å². The molecule has 122 valence electrons. The number of nitrogens with zero attached hydrogens (tertiary/aromatic N) is 1. The van der Waals surface area contributed by atoms with Gasteiger partial charge in [0.1, 0.15) is 12.3 Å². The molecule has 0 fully saturated rings. The Bertz CT molecular complexity index is 928. The van der Waals surface area contributed by atoms with Crippen LogP contribution in [0.25, 0.3) is 10.9 Å². The van der Waals surface area contributed by atoms with Gasteiger partial charge in [-0.1, -0.05) is 11.6 Å². The molecule has 0 aliphatic carbocycles. The number of ether oxygens (including phenoxy) is 1. The van der Waals surface area contributed by atoms with Gasteiger partial charge in [-0.15, -0.1) is 0 Å². The molecule has 6 heteroatoms. The number of hydrogen-bond donors (Lipinski definition) is 1. The predicted molar refractivity (Wildman–Crippen MR) is 91.0 cm³/mol. The highest BCUT2D eigenvalue weighted by molar-refractivity contribution is 6.30. The Morgan fingerprint density at radius 1 is 1.12 bits per heavy atom. The molecule has 2 aromatic carbocycles. The Labute approximate surface area is 143 Å². The van der Waals surface area contributed by atoms with Gasteiger partial charge in [0.25, 0.3) is 0 Å². The first-order valence-electron chi connectivity index (χ1n) is 7.19. The van der Waals surface area contributed by atoms with Crippen molar-refractivity contribution in [1.82, 2.24) is 4.57 Å². The Balaban J connectivity index is 2.19. The second-order valence-corrected chi connectivity index (χ2v) is 5.69. The first-order chi connectivity index (χ1) is 11.5. The number of rotatable bonds is 5. The number of carboxylic acids is 1. The number of carboxylic acid groups (broad SMARTS) is 1. The molecule has 3 rings (SSSR count). The van der Waals surface area contributed by atoms with Gasteiger partial charge in [0.2, 0.25) is 0 Å². The largest absolute Gasteiger partial charge is 0.496 e. The van der Waals surface area contributed by atoms with Crippen molar-refractivity contribution in [2.75, 3.05) is 7.11 Å². The summed E-state index contributed by atoms with van der Waals surface area (Å²) < 4.78 is 6.84. The van der Waals surface area contributed by atoms with Crippen molar-refractivity contribution in [1.29, 1.82) is 0 Å². The molecule has 3 aromatic rings. The van der Waals surface area contributed by atoms with Crippen LogP contribution in [0, 0.1) is 0 Å². The van der Waals surface area contributed by atoms with Crippen LogP contribution in [-0.4, -0.2) is 28.5 Å². The maximum atomic E-state index is 12.9. The van der Waals surface area contributed by atoms with Gasteiger partial charge in [-0.2, -0.15) is 0 Å². The minimum absolute atomic E-state index is 0.204. The van der Waals surface area contributed by atoms with Gasteiger partial charge in [0.15, 0.2) is 5.78 Å². The Kier molecular flexibility index (Phi) is 4.27. The zero-order valence-corrected chi connectivity index (χ0v) is 13.6. The number of fused-ring (bicyclic) bond motifs is 1. The summed E-state index contributed by atoms with van der Waals surface area (Å²) in [5.74, 6) is -0.605. The Morgan fingerprint density at radius 2 is 1.83 bits per heavy atom. The third-order valence-electron chi connectivity index (χ3n) is 3.76. The molecule has 0 unspecified atom stereocenters. The average Bonchev–Trinajstić information content (AvgIpc) is 2.97. The number of benzene rings is 2. The maximum Gasteiger partial charge on any atom is 0.323 e. The molecule has 0 bridgehead atoms. The summed E-state index contributed by atoms with van der Waals surface area (Å²) in [6.07, 6.45) is 1.64. The Hall–Kier alpha value is -2.79. The highest BCUT2D eigenvalue weighted by atomic mass is 35.5. The van der Waals surface area contributed by atoms with E-state index >= 15 is 0 Å². The van der Waals surface area contributed by atoms with E-state index in [2.05, 4.69) is 0 Å². The lowest BCUT2D eigenvalue weighted by atomic mass is 10.0. The molecule has 0 aliphatic rings. The van der Waals surface area contributed by atoms with E-state index in [4.69, 9.17) is 21.4 Å². The minimum Gasteiger partial charge on any atom is -0.496 e. The van der Waals surface area contributed by atoms with Crippen molar-refractivity contribution in [3.63, 3.8) is 0 Å². The molecule has 0 atom stereocenters. The van der Waals surface area contributed by atoms with Crippen LogP contribution in [0.15, 0.2) is 48.7 Å². The molecule has 0 amide bonds. The third-order valence-corrected chi connectivity index (χ3v) is 4.01. The van der Waals surface area contributed by atoms with E-state index in [1.807, 2.05) is 0 Å². The van der Waals surface area contributed by atoms with Crippen molar-refractivity contribution in [3.05, 3.63) is 64.8 Å². The predicted octanol–water partition coefficient (Wildman–Crippen LogP) is 3.62. The molecular formula is C18H14ClNO4. The second-order valence-electron chi connectivity index (χ2n) is 5.25. The van der Waals surface area contributed by atoms with Gasteiger partial charge < -0.3 is 14.4 Å². The molecule has 0 saturated carbocycles. The monoisotopic (exact) mass is 343 g/mol. The fourth-order valence-electron chi connectivity index (χ4n) is 2.69. The zero-order valence-electron chi connectivity index (χ0n) is 12.8. The van der Waals surface area contributed by atoms with E-state index < -0.39 is 5.97 Å². The smallest absolute Gasteiger partial charge is 0.323 e. The molecule has 24 heavy (non-hydrogen) atoms. The number of halogens is 1. The molecule has 1 heterocycles. The van der Waals surface area contributed by atoms with Gasteiger partial charge in [-0.25, -0.2) is 0 Å². The molecule has 0 aliphatic heterocycles. The van der Waals surface area contributed by atoms with Crippen molar-refractivity contribution < 1.29 is 19.4 Å². The molecule has 1 aromatic heterocycles. The first kappa shape index (κ1) is 16.1. The lowest BCUT2D eigenvalue weighted by molar-refractivity contribution is -0.137. The summed E-state index contributed by atoms with van der Waals surface area (Å²) in [5, 5.41) is 10.3. The Morgan fingerprint density at radius 3 is 2.46 bits per heavy atom. The lowest BCUT2D eigenvalue weighted by Crippen LogP contribution is -2.10. The van der Waals surface area contributed by atoms with Crippen LogP contribution in [-0.2, 0) is 11.3 Å². The van der Waals surface area contributed by atoms with Gasteiger partial charge in [0, 0.05) is 27.7 Å². The van der Waals surface area contributed by atoms with Crippen molar-refractivity contribution in [2.45, 2.75) is 6.54 Å². The summed E-state index contributed by atoms with van der Waals surface area (Å²) in [6.45, 7) is -0.239. The average molecular weight is 344 g/mol. The molecular weight excluding hydrogens is 330 g/mol. The number of hydrogen-bond acceptors (Lipinski definition) is 3. The van der Waals surface area contributed by atoms with Crippen LogP contribution < -0.4 is 4.74 Å². The van der Waals surface area contributed by atoms with E-state index in [-0.39, 0.29) is 12.3 Å². The molecule has 0 saturated heterocycles. The van der Waals surface area contributed by atoms with Crippen LogP contribution in [0.2, 0.25) is 5.02 Å². The molecule has 1 N–H and O–H groups in total. The second kappa shape index (κ2) is 6.37. The quantitative estimate of drug-likeness (QED) is 0.718. The van der Waals surface area contributed by atoms with E-state index in [0.29, 0.717) is 32.8 Å². The summed E-state index contributed by atoms with van der Waals surface area (Å²) in [5.41, 5.74) is 1.44. The van der Waals surface area contributed by atoms with Crippen LogP contribution in [0.5, 0.6) is 5.75 Å². The van der Waals surface area contributed by atoms with Crippen molar-refractivity contribution >= 4 is 34.3 Å². The highest BCUT2D eigenvalue weighted by Gasteiger charge is 2.19. The van der Waals surface area contributed by atoms with Gasteiger partial charge in [-0.05, 0) is 42.5 Å². The SMILES string of the molecule is COc1ccc(C(=O)c2ccc(Cl)cc2)c2c1ccn2CC(=O)O. The summed E-state index contributed by atoms with van der Waals surface area (Å²) in [4.78, 5) is 24.0. The lowest BCUT2D eigenvalue weighted by Gasteiger charge is -2.10. The normalized spacial score (nSPS) is 10.8. The fraction of sp³-hybridized carbons (Fsp3) is 0.111. The summed E-state index contributed by atoms with van der Waals surface area (Å²) >= 11 is 5.86. The van der Waals surface area contributed by atoms with Gasteiger partial charge in [-0.3, -0.25) is 9.59 Å². The van der Waals surface area contributed by atoms with Crippen LogP contribution in [0.1, 0.15) is 15.9 Å². The van der Waals surface area contributed by atoms with E-state index in [0.717, 1.165) is 0 Å². The van der Waals surface area contributed by atoms with Crippen LogP contribution in [0.4, 0.5) is 0 Å². The van der Waals surface area contributed by atoms with Crippen LogP contribution in [0.3, 0.4) is 0 Å². The zero-order chi connectivity index (χ0) is 17.3. The number of aliphatic carboxylic acids is 1. The number of aromatic nitrogens is 1. The number of ketones is 1. The highest BCUT2D eigenvalue weighted by Crippen LogP contribution is 2.31. The van der Waals surface area contributed by atoms with Crippen LogP contribution >= 0.6 is 11.6 Å². The number of methoxy groups -OCH3 is 1. The maximum absolute atomic E-state index is 12.9.